The number of nitrogens with zero attached hydrogens (tertiary/aromatic N) is 3. The van der Waals surface area contributed by atoms with E-state index in [0.717, 1.165) is 16.6 Å². The van der Waals surface area contributed by atoms with Gasteiger partial charge in [-0.15, -0.1) is 0 Å². The molecule has 3 heterocycles. The van der Waals surface area contributed by atoms with Crippen LogP contribution in [0.25, 0.3) is 43.6 Å². The molecule has 3 aromatic carbocycles. The molecular weight excluding hydrogens is 408 g/mol. The van der Waals surface area contributed by atoms with Crippen molar-refractivity contribution in [3.8, 4) is 17.6 Å². The van der Waals surface area contributed by atoms with Crippen LogP contribution in [0.3, 0.4) is 0 Å². The second-order valence-corrected chi connectivity index (χ2v) is 8.00. The Morgan fingerprint density at radius 3 is 2.09 bits per heavy atom. The number of phenolic OH excluding ortho intramolecular Hbond substituents is 2. The largest absolute Gasteiger partial charge is 0.508 e. The fourth-order valence-corrected chi connectivity index (χ4v) is 5.13. The second-order valence-electron chi connectivity index (χ2n) is 8.00. The van der Waals surface area contributed by atoms with Crippen LogP contribution < -0.4 is 5.32 Å². The number of hydrogen-bond donors (Lipinski definition) is 3. The number of aromatic nitrogens is 2. The highest BCUT2D eigenvalue weighted by Gasteiger charge is 2.36. The molecule has 0 unspecified atom stereocenters. The van der Waals surface area contributed by atoms with E-state index in [1.807, 2.05) is 16.2 Å². The molecule has 0 saturated heterocycles. The van der Waals surface area contributed by atoms with Gasteiger partial charge in [-0.2, -0.15) is 5.26 Å². The number of rotatable bonds is 2. The normalized spacial score (nSPS) is 13.4. The predicted molar refractivity (Wildman–Crippen MR) is 119 cm³/mol. The Morgan fingerprint density at radius 2 is 1.47 bits per heavy atom. The lowest BCUT2D eigenvalue weighted by atomic mass is 9.96. The summed E-state index contributed by atoms with van der Waals surface area (Å²) in [5.41, 5.74) is 3.48. The van der Waals surface area contributed by atoms with E-state index in [1.54, 1.807) is 36.4 Å². The standard InChI is InChI=1S/C24H16N4O4/c1-27-15-5-3-11(29)9-13(15)17-19-20(24(32)26-23(19)31)18-14-10-12(30)4-6-16(14)28(8-2-7-25)22(18)21(17)27/h3-6,9-10,29-30H,2,8H2,1H3,(H,26,31,32). The van der Waals surface area contributed by atoms with Gasteiger partial charge in [-0.1, -0.05) is 0 Å². The Bertz CT molecular complexity index is 1730. The van der Waals surface area contributed by atoms with E-state index in [-0.39, 0.29) is 29.0 Å². The monoisotopic (exact) mass is 424 g/mol. The fourth-order valence-electron chi connectivity index (χ4n) is 5.13. The first kappa shape index (κ1) is 18.3. The fraction of sp³-hybridized carbons (Fsp3) is 0.125. The average Bonchev–Trinajstić information content (AvgIpc) is 3.34. The van der Waals surface area contributed by atoms with Gasteiger partial charge in [0.25, 0.3) is 11.8 Å². The Labute approximate surface area is 180 Å². The van der Waals surface area contributed by atoms with Crippen molar-refractivity contribution in [1.82, 2.24) is 14.5 Å². The van der Waals surface area contributed by atoms with E-state index in [0.29, 0.717) is 33.6 Å². The maximum Gasteiger partial charge on any atom is 0.259 e. The molecule has 0 bridgehead atoms. The van der Waals surface area contributed by atoms with Gasteiger partial charge in [0.15, 0.2) is 0 Å². The van der Waals surface area contributed by atoms with E-state index in [9.17, 15) is 25.1 Å². The number of nitriles is 1. The third-order valence-corrected chi connectivity index (χ3v) is 6.33. The smallest absolute Gasteiger partial charge is 0.259 e. The number of benzene rings is 3. The molecule has 3 N–H and O–H groups in total. The molecule has 32 heavy (non-hydrogen) atoms. The van der Waals surface area contributed by atoms with Crippen LogP contribution in [0.1, 0.15) is 27.1 Å². The number of carbonyl (C=O) groups excluding carboxylic acids is 2. The maximum atomic E-state index is 13.0. The SMILES string of the molecule is Cn1c2ccc(O)cc2c2c3c(c4c5cc(O)ccc5n(CCC#N)c4c21)C(=O)NC3=O. The molecular formula is C24H16N4O4. The van der Waals surface area contributed by atoms with Crippen LogP contribution in [-0.2, 0) is 13.6 Å². The highest BCUT2D eigenvalue weighted by atomic mass is 16.3. The summed E-state index contributed by atoms with van der Waals surface area (Å²) in [4.78, 5) is 25.9. The van der Waals surface area contributed by atoms with Crippen molar-refractivity contribution in [3.05, 3.63) is 47.5 Å². The molecule has 8 heteroatoms. The molecule has 2 aromatic heterocycles. The second kappa shape index (κ2) is 6.02. The molecule has 0 fully saturated rings. The van der Waals surface area contributed by atoms with Crippen LogP contribution in [0, 0.1) is 11.3 Å². The zero-order valence-corrected chi connectivity index (χ0v) is 16.9. The minimum atomic E-state index is -0.503. The van der Waals surface area contributed by atoms with E-state index in [2.05, 4.69) is 11.4 Å². The van der Waals surface area contributed by atoms with E-state index in [4.69, 9.17) is 0 Å². The molecule has 0 saturated carbocycles. The average molecular weight is 424 g/mol. The first-order valence-electron chi connectivity index (χ1n) is 10.1. The van der Waals surface area contributed by atoms with Crippen LogP contribution in [0.2, 0.25) is 0 Å². The van der Waals surface area contributed by atoms with E-state index < -0.39 is 11.8 Å². The van der Waals surface area contributed by atoms with Gasteiger partial charge in [-0.05, 0) is 36.4 Å². The molecule has 8 nitrogen and oxygen atoms in total. The number of carbonyl (C=O) groups is 2. The van der Waals surface area contributed by atoms with Gasteiger partial charge >= 0.3 is 0 Å². The summed E-state index contributed by atoms with van der Waals surface area (Å²) in [6, 6.07) is 12.0. The van der Waals surface area contributed by atoms with Gasteiger partial charge < -0.3 is 19.3 Å². The van der Waals surface area contributed by atoms with Gasteiger partial charge in [-0.25, -0.2) is 0 Å². The predicted octanol–water partition coefficient (Wildman–Crippen LogP) is 3.65. The molecule has 5 aromatic rings. The molecule has 6 rings (SSSR count). The summed E-state index contributed by atoms with van der Waals surface area (Å²) in [6.07, 6.45) is 0.244. The third kappa shape index (κ3) is 2.09. The van der Waals surface area contributed by atoms with Crippen molar-refractivity contribution in [3.63, 3.8) is 0 Å². The van der Waals surface area contributed by atoms with Crippen molar-refractivity contribution in [1.29, 1.82) is 5.26 Å². The lowest BCUT2D eigenvalue weighted by Crippen LogP contribution is -2.20. The third-order valence-electron chi connectivity index (χ3n) is 6.33. The topological polar surface area (TPSA) is 120 Å². The zero-order chi connectivity index (χ0) is 22.3. The Kier molecular flexibility index (Phi) is 3.44. The van der Waals surface area contributed by atoms with Gasteiger partial charge in [0, 0.05) is 46.2 Å². The van der Waals surface area contributed by atoms with Gasteiger partial charge in [0.05, 0.1) is 34.7 Å². The zero-order valence-electron chi connectivity index (χ0n) is 16.9. The highest BCUT2D eigenvalue weighted by molar-refractivity contribution is 6.39. The van der Waals surface area contributed by atoms with Crippen LogP contribution in [-0.4, -0.2) is 31.2 Å². The molecule has 1 aliphatic heterocycles. The maximum absolute atomic E-state index is 13.0. The lowest BCUT2D eigenvalue weighted by Gasteiger charge is -2.09. The molecule has 0 aliphatic carbocycles. The highest BCUT2D eigenvalue weighted by Crippen LogP contribution is 2.45. The van der Waals surface area contributed by atoms with Crippen LogP contribution in [0.5, 0.6) is 11.5 Å². The summed E-state index contributed by atoms with van der Waals surface area (Å²) >= 11 is 0. The number of imide groups is 1. The van der Waals surface area contributed by atoms with E-state index in [1.165, 1.54) is 0 Å². The number of nitrogens with one attached hydrogen (secondary N) is 1. The molecule has 156 valence electrons. The molecule has 0 radical (unpaired) electrons. The number of hydrogen-bond acceptors (Lipinski definition) is 5. The summed E-state index contributed by atoms with van der Waals surface area (Å²) in [6.45, 7) is 0.373. The van der Waals surface area contributed by atoms with Crippen molar-refractivity contribution >= 4 is 55.4 Å². The summed E-state index contributed by atoms with van der Waals surface area (Å²) in [5, 5.41) is 34.4. The number of aryl methyl sites for hydroxylation is 2. The summed E-state index contributed by atoms with van der Waals surface area (Å²) in [7, 11) is 1.87. The van der Waals surface area contributed by atoms with Crippen LogP contribution in [0.4, 0.5) is 0 Å². The summed E-state index contributed by atoms with van der Waals surface area (Å²) in [5.74, 6) is -0.904. The number of aromatic hydroxyl groups is 2. The Morgan fingerprint density at radius 1 is 0.906 bits per heavy atom. The number of phenols is 2. The van der Waals surface area contributed by atoms with Crippen molar-refractivity contribution in [2.45, 2.75) is 13.0 Å². The minimum Gasteiger partial charge on any atom is -0.508 e. The Hall–Kier alpha value is -4.51. The van der Waals surface area contributed by atoms with E-state index >= 15 is 0 Å². The summed E-state index contributed by atoms with van der Waals surface area (Å²) < 4.78 is 3.90. The Balaban J connectivity index is 2.01. The number of fused-ring (bicyclic) bond motifs is 10. The van der Waals surface area contributed by atoms with Crippen molar-refractivity contribution in [2.24, 2.45) is 7.05 Å². The molecule has 2 amide bonds. The van der Waals surface area contributed by atoms with Crippen molar-refractivity contribution in [2.75, 3.05) is 0 Å². The first-order chi connectivity index (χ1) is 15.4. The first-order valence-corrected chi connectivity index (χ1v) is 10.1. The minimum absolute atomic E-state index is 0.0392. The van der Waals surface area contributed by atoms with Gasteiger partial charge in [0.1, 0.15) is 11.5 Å². The van der Waals surface area contributed by atoms with Crippen molar-refractivity contribution < 1.29 is 19.8 Å². The molecule has 0 atom stereocenters. The molecule has 0 spiro atoms. The van der Waals surface area contributed by atoms with Crippen LogP contribution in [0.15, 0.2) is 36.4 Å². The number of amides is 2. The lowest BCUT2D eigenvalue weighted by molar-refractivity contribution is 0.0880. The van der Waals surface area contributed by atoms with Crippen LogP contribution >= 0.6 is 0 Å². The van der Waals surface area contributed by atoms with Gasteiger partial charge in [0.2, 0.25) is 0 Å². The molecule has 1 aliphatic rings. The van der Waals surface area contributed by atoms with Gasteiger partial charge in [-0.3, -0.25) is 14.9 Å². The quantitative estimate of drug-likeness (QED) is 0.374.